The number of thiophene rings is 1. The van der Waals surface area contributed by atoms with Crippen molar-refractivity contribution in [2.75, 3.05) is 5.32 Å². The molecule has 0 spiro atoms. The molecule has 0 unspecified atom stereocenters. The van der Waals surface area contributed by atoms with Crippen molar-refractivity contribution in [1.82, 2.24) is 0 Å². The highest BCUT2D eigenvalue weighted by Crippen LogP contribution is 2.36. The third-order valence-corrected chi connectivity index (χ3v) is 4.72. The first-order valence-corrected chi connectivity index (χ1v) is 7.01. The molecular formula is C11H8BrCl2NS. The summed E-state index contributed by atoms with van der Waals surface area (Å²) in [4.78, 5) is 1.26. The van der Waals surface area contributed by atoms with E-state index in [0.29, 0.717) is 10.0 Å². The minimum absolute atomic E-state index is 0.540. The molecule has 5 heteroatoms. The smallest absolute Gasteiger partial charge is 0.0835 e. The van der Waals surface area contributed by atoms with Crippen LogP contribution in [0, 0.1) is 0 Å². The average molecular weight is 337 g/mol. The third kappa shape index (κ3) is 2.72. The lowest BCUT2D eigenvalue weighted by Gasteiger charge is -2.09. The molecule has 0 amide bonds. The van der Waals surface area contributed by atoms with E-state index < -0.39 is 0 Å². The number of nitrogens with one attached hydrogen (secondary N) is 1. The van der Waals surface area contributed by atoms with Gasteiger partial charge in [-0.2, -0.15) is 0 Å². The number of benzene rings is 1. The number of rotatable bonds is 3. The molecule has 84 valence electrons. The molecule has 0 saturated heterocycles. The minimum atomic E-state index is 0.540. The molecule has 16 heavy (non-hydrogen) atoms. The Bertz CT molecular complexity index is 485. The van der Waals surface area contributed by atoms with E-state index >= 15 is 0 Å². The Balaban J connectivity index is 2.13. The van der Waals surface area contributed by atoms with Crippen molar-refractivity contribution >= 4 is 56.2 Å². The highest BCUT2D eigenvalue weighted by atomic mass is 79.9. The number of hydrogen-bond acceptors (Lipinski definition) is 2. The first kappa shape index (κ1) is 12.2. The second-order valence-corrected chi connectivity index (χ2v) is 5.80. The topological polar surface area (TPSA) is 12.0 Å². The lowest BCUT2D eigenvalue weighted by molar-refractivity contribution is 1.19. The summed E-state index contributed by atoms with van der Waals surface area (Å²) >= 11 is 17.2. The fourth-order valence-corrected chi connectivity index (χ4v) is 2.74. The zero-order chi connectivity index (χ0) is 11.5. The lowest BCUT2D eigenvalue weighted by atomic mass is 10.3. The molecule has 0 aliphatic carbocycles. The SMILES string of the molecule is Clc1c(Br)ccc(NCc2cccs2)c1Cl. The van der Waals surface area contributed by atoms with E-state index in [4.69, 9.17) is 23.2 Å². The molecule has 0 aliphatic rings. The van der Waals surface area contributed by atoms with Crippen LogP contribution in [0.15, 0.2) is 34.1 Å². The second-order valence-electron chi connectivity index (χ2n) is 3.16. The number of hydrogen-bond donors (Lipinski definition) is 1. The molecule has 0 radical (unpaired) electrons. The van der Waals surface area contributed by atoms with Crippen molar-refractivity contribution in [3.63, 3.8) is 0 Å². The van der Waals surface area contributed by atoms with Crippen LogP contribution in [0.25, 0.3) is 0 Å². The quantitative estimate of drug-likeness (QED) is 0.737. The maximum Gasteiger partial charge on any atom is 0.0835 e. The zero-order valence-electron chi connectivity index (χ0n) is 8.14. The predicted molar refractivity (Wildman–Crippen MR) is 75.8 cm³/mol. The van der Waals surface area contributed by atoms with Crippen LogP contribution in [0.3, 0.4) is 0 Å². The fraction of sp³-hybridized carbons (Fsp3) is 0.0909. The van der Waals surface area contributed by atoms with Gasteiger partial charge in [0.25, 0.3) is 0 Å². The van der Waals surface area contributed by atoms with E-state index in [2.05, 4.69) is 27.3 Å². The Kier molecular flexibility index (Phi) is 4.14. The van der Waals surface area contributed by atoms with Crippen LogP contribution in [0.2, 0.25) is 10.0 Å². The Hall–Kier alpha value is -0.220. The van der Waals surface area contributed by atoms with Crippen LogP contribution in [0.4, 0.5) is 5.69 Å². The predicted octanol–water partition coefficient (Wildman–Crippen LogP) is 5.43. The Morgan fingerprint density at radius 2 is 2.00 bits per heavy atom. The molecule has 0 fully saturated rings. The normalized spacial score (nSPS) is 10.4. The second kappa shape index (κ2) is 5.41. The van der Waals surface area contributed by atoms with Gasteiger partial charge in [-0.15, -0.1) is 11.3 Å². The Morgan fingerprint density at radius 3 is 2.69 bits per heavy atom. The van der Waals surface area contributed by atoms with Crippen LogP contribution in [-0.2, 0) is 6.54 Å². The average Bonchev–Trinajstić information content (AvgIpc) is 2.78. The molecule has 1 nitrogen and oxygen atoms in total. The first-order chi connectivity index (χ1) is 7.68. The molecule has 1 heterocycles. The Morgan fingerprint density at radius 1 is 1.19 bits per heavy atom. The van der Waals surface area contributed by atoms with Gasteiger partial charge < -0.3 is 5.32 Å². The summed E-state index contributed by atoms with van der Waals surface area (Å²) in [5.74, 6) is 0. The molecule has 0 aliphatic heterocycles. The molecule has 1 N–H and O–H groups in total. The highest BCUT2D eigenvalue weighted by Gasteiger charge is 2.07. The molecule has 1 aromatic heterocycles. The van der Waals surface area contributed by atoms with Gasteiger partial charge in [0.05, 0.1) is 15.7 Å². The molecule has 2 rings (SSSR count). The summed E-state index contributed by atoms with van der Waals surface area (Å²) in [6.45, 7) is 0.759. The van der Waals surface area contributed by atoms with Crippen molar-refractivity contribution in [2.45, 2.75) is 6.54 Å². The maximum absolute atomic E-state index is 6.12. The van der Waals surface area contributed by atoms with Crippen molar-refractivity contribution < 1.29 is 0 Å². The molecular weight excluding hydrogens is 329 g/mol. The van der Waals surface area contributed by atoms with Crippen LogP contribution >= 0.6 is 50.5 Å². The molecule has 0 bridgehead atoms. The summed E-state index contributed by atoms with van der Waals surface area (Å²) in [6.07, 6.45) is 0. The standard InChI is InChI=1S/C11H8BrCl2NS/c12-8-3-4-9(11(14)10(8)13)15-6-7-2-1-5-16-7/h1-5,15H,6H2. The lowest BCUT2D eigenvalue weighted by Crippen LogP contribution is -1.98. The summed E-state index contributed by atoms with van der Waals surface area (Å²) in [5, 5.41) is 6.39. The van der Waals surface area contributed by atoms with Crippen LogP contribution in [-0.4, -0.2) is 0 Å². The van der Waals surface area contributed by atoms with Crippen LogP contribution in [0.5, 0.6) is 0 Å². The van der Waals surface area contributed by atoms with Gasteiger partial charge in [-0.3, -0.25) is 0 Å². The largest absolute Gasteiger partial charge is 0.379 e. The molecule has 1 aromatic carbocycles. The first-order valence-electron chi connectivity index (χ1n) is 4.58. The van der Waals surface area contributed by atoms with Gasteiger partial charge in [-0.25, -0.2) is 0 Å². The van der Waals surface area contributed by atoms with E-state index in [1.807, 2.05) is 23.6 Å². The van der Waals surface area contributed by atoms with Gasteiger partial charge in [-0.1, -0.05) is 29.3 Å². The molecule has 0 atom stereocenters. The van der Waals surface area contributed by atoms with E-state index in [1.165, 1.54) is 4.88 Å². The number of halogens is 3. The van der Waals surface area contributed by atoms with E-state index in [-0.39, 0.29) is 0 Å². The van der Waals surface area contributed by atoms with Gasteiger partial charge >= 0.3 is 0 Å². The van der Waals surface area contributed by atoms with Crippen molar-refractivity contribution in [3.05, 3.63) is 49.0 Å². The summed E-state index contributed by atoms with van der Waals surface area (Å²) in [7, 11) is 0. The van der Waals surface area contributed by atoms with Gasteiger partial charge in [0.15, 0.2) is 0 Å². The number of anilines is 1. The van der Waals surface area contributed by atoms with E-state index in [0.717, 1.165) is 16.7 Å². The zero-order valence-corrected chi connectivity index (χ0v) is 12.1. The van der Waals surface area contributed by atoms with E-state index in [9.17, 15) is 0 Å². The summed E-state index contributed by atoms with van der Waals surface area (Å²) in [6, 6.07) is 7.89. The van der Waals surface area contributed by atoms with Crippen molar-refractivity contribution in [1.29, 1.82) is 0 Å². The van der Waals surface area contributed by atoms with Gasteiger partial charge in [-0.05, 0) is 39.5 Å². The van der Waals surface area contributed by atoms with Gasteiger partial charge in [0.1, 0.15) is 0 Å². The third-order valence-electron chi connectivity index (χ3n) is 2.07. The maximum atomic E-state index is 6.12. The van der Waals surface area contributed by atoms with Crippen molar-refractivity contribution in [3.8, 4) is 0 Å². The highest BCUT2D eigenvalue weighted by molar-refractivity contribution is 9.10. The molecule has 0 saturated carbocycles. The van der Waals surface area contributed by atoms with Gasteiger partial charge in [0.2, 0.25) is 0 Å². The van der Waals surface area contributed by atoms with Gasteiger partial charge in [0, 0.05) is 15.9 Å². The van der Waals surface area contributed by atoms with Crippen LogP contribution in [0.1, 0.15) is 4.88 Å². The van der Waals surface area contributed by atoms with Crippen molar-refractivity contribution in [2.24, 2.45) is 0 Å². The monoisotopic (exact) mass is 335 g/mol. The fourth-order valence-electron chi connectivity index (χ4n) is 1.26. The Labute approximate surface area is 117 Å². The van der Waals surface area contributed by atoms with E-state index in [1.54, 1.807) is 11.3 Å². The minimum Gasteiger partial charge on any atom is -0.379 e. The molecule has 2 aromatic rings. The van der Waals surface area contributed by atoms with Crippen LogP contribution < -0.4 is 5.32 Å². The summed E-state index contributed by atoms with van der Waals surface area (Å²) < 4.78 is 0.806. The summed E-state index contributed by atoms with van der Waals surface area (Å²) in [5.41, 5.74) is 0.850.